The molecular weight excluding hydrogens is 512 g/mol. The molecule has 5 rings (SSSR count). The van der Waals surface area contributed by atoms with Crippen LogP contribution in [-0.2, 0) is 6.42 Å². The number of carbonyl (C=O) groups excluding carboxylic acids is 2. The number of unbranched alkanes of at least 4 members (excludes halogenated alkanes) is 2. The molecule has 2 aromatic rings. The van der Waals surface area contributed by atoms with E-state index in [0.717, 1.165) is 68.2 Å². The minimum atomic E-state index is 0.258. The molecule has 0 radical (unpaired) electrons. The van der Waals surface area contributed by atoms with Crippen molar-refractivity contribution in [2.75, 3.05) is 39.3 Å². The van der Waals surface area contributed by atoms with E-state index >= 15 is 0 Å². The second-order valence-electron chi connectivity index (χ2n) is 12.7. The van der Waals surface area contributed by atoms with Crippen LogP contribution in [0, 0.1) is 11.8 Å². The number of nitrogens with zero attached hydrogens (tertiary/aromatic N) is 2. The summed E-state index contributed by atoms with van der Waals surface area (Å²) in [5.41, 5.74) is 4.10. The first-order valence-electron chi connectivity index (χ1n) is 15.9. The quantitative estimate of drug-likeness (QED) is 0.166. The maximum Gasteiger partial charge on any atom is 0.162 e. The molecule has 5 heteroatoms. The first-order chi connectivity index (χ1) is 19.4. The van der Waals surface area contributed by atoms with E-state index in [1.54, 1.807) is 11.8 Å². The van der Waals surface area contributed by atoms with E-state index in [-0.39, 0.29) is 11.6 Å². The Bertz CT molecular complexity index is 1070. The SMILES string of the molecule is CC1CCN(CCCCC(=O)c2ccc3c(c2)Cc2cc(C(=O)CCCCN4CCC(C)CC4)ccc2S3)CC1. The zero-order valence-corrected chi connectivity index (χ0v) is 25.6. The van der Waals surface area contributed by atoms with Gasteiger partial charge in [-0.1, -0.05) is 37.7 Å². The van der Waals surface area contributed by atoms with Gasteiger partial charge in [0.05, 0.1) is 0 Å². The van der Waals surface area contributed by atoms with Crippen LogP contribution in [0.25, 0.3) is 0 Å². The third-order valence-electron chi connectivity index (χ3n) is 9.37. The smallest absolute Gasteiger partial charge is 0.162 e. The van der Waals surface area contributed by atoms with Crippen molar-refractivity contribution in [3.63, 3.8) is 0 Å². The van der Waals surface area contributed by atoms with Crippen LogP contribution in [0.3, 0.4) is 0 Å². The van der Waals surface area contributed by atoms with Gasteiger partial charge in [-0.3, -0.25) is 9.59 Å². The summed E-state index contributed by atoms with van der Waals surface area (Å²) in [4.78, 5) is 33.6. The normalized spacial score (nSPS) is 18.9. The van der Waals surface area contributed by atoms with E-state index in [0.29, 0.717) is 12.8 Å². The van der Waals surface area contributed by atoms with Crippen molar-refractivity contribution in [1.82, 2.24) is 9.80 Å². The standard InChI is InChI=1S/C35H48N2O2S/c1-26-13-19-36(20-14-26)17-5-3-7-32(38)28-9-11-34-30(23-28)25-31-24-29(10-12-35(31)40-34)33(39)8-4-6-18-37-21-15-27(2)16-22-37/h9-12,23-24,26-27H,3-8,13-22,25H2,1-2H3. The van der Waals surface area contributed by atoms with Crippen LogP contribution in [0.4, 0.5) is 0 Å². The van der Waals surface area contributed by atoms with Crippen LogP contribution >= 0.6 is 11.8 Å². The molecule has 0 aromatic heterocycles. The Labute approximate surface area is 246 Å². The Hall–Kier alpha value is -1.95. The zero-order valence-electron chi connectivity index (χ0n) is 24.8. The zero-order chi connectivity index (χ0) is 27.9. The third-order valence-corrected chi connectivity index (χ3v) is 10.6. The molecule has 40 heavy (non-hydrogen) atoms. The largest absolute Gasteiger partial charge is 0.303 e. The Morgan fingerprint density at radius 1 is 0.675 bits per heavy atom. The number of hydrogen-bond donors (Lipinski definition) is 0. The van der Waals surface area contributed by atoms with Crippen LogP contribution < -0.4 is 0 Å². The van der Waals surface area contributed by atoms with Gasteiger partial charge in [-0.25, -0.2) is 0 Å². The molecule has 3 aliphatic rings. The number of likely N-dealkylation sites (tertiary alicyclic amines) is 2. The predicted molar refractivity (Wildman–Crippen MR) is 166 cm³/mol. The molecule has 4 nitrogen and oxygen atoms in total. The molecule has 2 aromatic carbocycles. The highest BCUT2D eigenvalue weighted by molar-refractivity contribution is 7.99. The van der Waals surface area contributed by atoms with E-state index in [9.17, 15) is 9.59 Å². The lowest BCUT2D eigenvalue weighted by Gasteiger charge is -2.30. The number of piperidine rings is 2. The van der Waals surface area contributed by atoms with Gasteiger partial charge in [0.2, 0.25) is 0 Å². The molecule has 0 N–H and O–H groups in total. The van der Waals surface area contributed by atoms with Gasteiger partial charge in [0.25, 0.3) is 0 Å². The highest BCUT2D eigenvalue weighted by Crippen LogP contribution is 2.40. The van der Waals surface area contributed by atoms with E-state index < -0.39 is 0 Å². The van der Waals surface area contributed by atoms with E-state index in [1.807, 2.05) is 12.1 Å². The first-order valence-corrected chi connectivity index (χ1v) is 16.7. The fourth-order valence-corrected chi connectivity index (χ4v) is 7.44. The topological polar surface area (TPSA) is 40.6 Å². The van der Waals surface area contributed by atoms with Crippen molar-refractivity contribution in [2.45, 2.75) is 94.3 Å². The van der Waals surface area contributed by atoms with Crippen LogP contribution in [0.15, 0.2) is 46.2 Å². The molecule has 0 saturated carbocycles. The van der Waals surface area contributed by atoms with Crippen LogP contribution in [0.2, 0.25) is 0 Å². The fourth-order valence-electron chi connectivity index (χ4n) is 6.41. The van der Waals surface area contributed by atoms with Gasteiger partial charge < -0.3 is 9.80 Å². The third kappa shape index (κ3) is 8.08. The van der Waals surface area contributed by atoms with Gasteiger partial charge in [0.1, 0.15) is 0 Å². The van der Waals surface area contributed by atoms with E-state index in [2.05, 4.69) is 47.9 Å². The molecule has 0 bridgehead atoms. The molecule has 0 aliphatic carbocycles. The highest BCUT2D eigenvalue weighted by atomic mass is 32.2. The van der Waals surface area contributed by atoms with Crippen molar-refractivity contribution in [2.24, 2.45) is 11.8 Å². The molecule has 0 unspecified atom stereocenters. The summed E-state index contributed by atoms with van der Waals surface area (Å²) in [6.07, 6.45) is 11.4. The number of rotatable bonds is 12. The van der Waals surface area contributed by atoms with Gasteiger partial charge in [0, 0.05) is 33.8 Å². The van der Waals surface area contributed by atoms with Gasteiger partial charge in [-0.15, -0.1) is 0 Å². The number of hydrogen-bond acceptors (Lipinski definition) is 5. The molecule has 0 amide bonds. The molecular formula is C35H48N2O2S. The summed E-state index contributed by atoms with van der Waals surface area (Å²) >= 11 is 1.76. The van der Waals surface area contributed by atoms with Crippen molar-refractivity contribution >= 4 is 23.3 Å². The Kier molecular flexibility index (Phi) is 10.6. The lowest BCUT2D eigenvalue weighted by molar-refractivity contribution is 0.0968. The number of carbonyl (C=O) groups is 2. The van der Waals surface area contributed by atoms with Gasteiger partial charge >= 0.3 is 0 Å². The maximum absolute atomic E-state index is 13.0. The molecule has 2 saturated heterocycles. The Morgan fingerprint density at radius 3 is 1.52 bits per heavy atom. The molecule has 2 fully saturated rings. The van der Waals surface area contributed by atoms with Crippen molar-refractivity contribution < 1.29 is 9.59 Å². The number of ketones is 2. The van der Waals surface area contributed by atoms with Crippen molar-refractivity contribution in [3.8, 4) is 0 Å². The van der Waals surface area contributed by atoms with Crippen LogP contribution in [0.5, 0.6) is 0 Å². The minimum Gasteiger partial charge on any atom is -0.303 e. The van der Waals surface area contributed by atoms with Crippen molar-refractivity contribution in [1.29, 1.82) is 0 Å². The lowest BCUT2D eigenvalue weighted by Crippen LogP contribution is -2.33. The number of benzene rings is 2. The van der Waals surface area contributed by atoms with E-state index in [1.165, 1.54) is 72.8 Å². The molecule has 3 heterocycles. The molecule has 0 spiro atoms. The summed E-state index contributed by atoms with van der Waals surface area (Å²) in [5, 5.41) is 0. The molecule has 0 atom stereocenters. The van der Waals surface area contributed by atoms with Gasteiger partial charge in [-0.2, -0.15) is 0 Å². The number of fused-ring (bicyclic) bond motifs is 2. The second-order valence-corrected chi connectivity index (χ2v) is 13.8. The first kappa shape index (κ1) is 29.5. The van der Waals surface area contributed by atoms with Crippen molar-refractivity contribution in [3.05, 3.63) is 58.7 Å². The minimum absolute atomic E-state index is 0.258. The average Bonchev–Trinajstić information content (AvgIpc) is 2.97. The summed E-state index contributed by atoms with van der Waals surface area (Å²) in [6.45, 7) is 11.8. The summed E-state index contributed by atoms with van der Waals surface area (Å²) in [6, 6.07) is 12.5. The predicted octanol–water partition coefficient (Wildman–Crippen LogP) is 7.91. The molecule has 216 valence electrons. The van der Waals surface area contributed by atoms with Gasteiger partial charge in [0.15, 0.2) is 11.6 Å². The van der Waals surface area contributed by atoms with Crippen LogP contribution in [0.1, 0.15) is 110 Å². The average molecular weight is 561 g/mol. The highest BCUT2D eigenvalue weighted by Gasteiger charge is 2.21. The summed E-state index contributed by atoms with van der Waals surface area (Å²) < 4.78 is 0. The summed E-state index contributed by atoms with van der Waals surface area (Å²) in [5.74, 6) is 2.24. The van der Waals surface area contributed by atoms with Gasteiger partial charge in [-0.05, 0) is 144 Å². The monoisotopic (exact) mass is 560 g/mol. The second kappa shape index (κ2) is 14.3. The maximum atomic E-state index is 13.0. The Balaban J connectivity index is 1.09. The molecule has 3 aliphatic heterocycles. The summed E-state index contributed by atoms with van der Waals surface area (Å²) in [7, 11) is 0. The lowest BCUT2D eigenvalue weighted by atomic mass is 9.96. The Morgan fingerprint density at radius 2 is 1.10 bits per heavy atom. The van der Waals surface area contributed by atoms with Crippen LogP contribution in [-0.4, -0.2) is 60.6 Å². The van der Waals surface area contributed by atoms with E-state index in [4.69, 9.17) is 0 Å². The number of Topliss-reactive ketones (excluding diaryl/α,β-unsaturated/α-hetero) is 2. The fraction of sp³-hybridized carbons (Fsp3) is 0.600.